The van der Waals surface area contributed by atoms with Gasteiger partial charge in [-0.1, -0.05) is 42.3 Å². The summed E-state index contributed by atoms with van der Waals surface area (Å²) in [7, 11) is 0. The van der Waals surface area contributed by atoms with Gasteiger partial charge in [0, 0.05) is 34.0 Å². The van der Waals surface area contributed by atoms with E-state index in [1.165, 1.54) is 0 Å². The van der Waals surface area contributed by atoms with Crippen LogP contribution in [-0.2, 0) is 11.2 Å². The van der Waals surface area contributed by atoms with Gasteiger partial charge in [0.2, 0.25) is 5.91 Å². The van der Waals surface area contributed by atoms with Gasteiger partial charge < -0.3 is 5.32 Å². The van der Waals surface area contributed by atoms with Crippen LogP contribution in [0.3, 0.4) is 0 Å². The van der Waals surface area contributed by atoms with Gasteiger partial charge in [0.25, 0.3) is 5.56 Å². The second-order valence-electron chi connectivity index (χ2n) is 5.57. The lowest BCUT2D eigenvalue weighted by Gasteiger charge is -2.09. The fraction of sp³-hybridized carbons (Fsp3) is 0.167. The molecule has 0 radical (unpaired) electrons. The number of rotatable bonds is 4. The van der Waals surface area contributed by atoms with Crippen LogP contribution >= 0.6 is 23.2 Å². The maximum absolute atomic E-state index is 12.1. The largest absolute Gasteiger partial charge is 0.326 e. The van der Waals surface area contributed by atoms with E-state index < -0.39 is 0 Å². The molecule has 1 aromatic heterocycles. The van der Waals surface area contributed by atoms with Crippen LogP contribution in [0.4, 0.5) is 5.69 Å². The number of halogens is 2. The number of carbonyl (C=O) groups is 1. The van der Waals surface area contributed by atoms with E-state index in [4.69, 9.17) is 23.2 Å². The quantitative estimate of drug-likeness (QED) is 0.718. The Hall–Kier alpha value is -2.37. The summed E-state index contributed by atoms with van der Waals surface area (Å²) in [6, 6.07) is 10.4. The first-order valence-electron chi connectivity index (χ1n) is 7.73. The number of aromatic amines is 1. The van der Waals surface area contributed by atoms with Gasteiger partial charge in [-0.2, -0.15) is 5.10 Å². The van der Waals surface area contributed by atoms with Crippen LogP contribution in [0.5, 0.6) is 0 Å². The Morgan fingerprint density at radius 3 is 2.68 bits per heavy atom. The molecule has 25 heavy (non-hydrogen) atoms. The standard InChI is InChI=1S/C18H15Cl2N3O2/c1-2-17(24)21-12-5-6-13-14(9-12)18(25)23-22-16(13)7-10-3-4-11(19)8-15(10)20/h3-6,8-9H,2,7H2,1H3,(H,21,24)(H,23,25). The van der Waals surface area contributed by atoms with E-state index in [1.807, 2.05) is 6.07 Å². The van der Waals surface area contributed by atoms with Gasteiger partial charge in [-0.05, 0) is 29.8 Å². The topological polar surface area (TPSA) is 74.8 Å². The summed E-state index contributed by atoms with van der Waals surface area (Å²) in [6.45, 7) is 1.76. The molecular formula is C18H15Cl2N3O2. The van der Waals surface area contributed by atoms with E-state index in [0.29, 0.717) is 45.0 Å². The minimum absolute atomic E-state index is 0.113. The monoisotopic (exact) mass is 375 g/mol. The molecule has 0 bridgehead atoms. The lowest BCUT2D eigenvalue weighted by molar-refractivity contribution is -0.115. The van der Waals surface area contributed by atoms with Gasteiger partial charge >= 0.3 is 0 Å². The number of nitrogens with zero attached hydrogens (tertiary/aromatic N) is 1. The summed E-state index contributed by atoms with van der Waals surface area (Å²) in [5.41, 5.74) is 1.81. The average Bonchev–Trinajstić information content (AvgIpc) is 2.59. The summed E-state index contributed by atoms with van der Waals surface area (Å²) in [4.78, 5) is 23.7. The van der Waals surface area contributed by atoms with Gasteiger partial charge in [0.1, 0.15) is 0 Å². The van der Waals surface area contributed by atoms with Gasteiger partial charge in [-0.25, -0.2) is 5.10 Å². The van der Waals surface area contributed by atoms with Crippen LogP contribution in [0, 0.1) is 0 Å². The molecule has 0 spiro atoms. The van der Waals surface area contributed by atoms with E-state index in [1.54, 1.807) is 37.3 Å². The van der Waals surface area contributed by atoms with Crippen molar-refractivity contribution in [3.8, 4) is 0 Å². The number of aromatic nitrogens is 2. The Kier molecular flexibility index (Phi) is 5.06. The molecule has 2 aromatic carbocycles. The molecule has 3 aromatic rings. The van der Waals surface area contributed by atoms with Crippen molar-refractivity contribution in [1.82, 2.24) is 10.2 Å². The van der Waals surface area contributed by atoms with E-state index >= 15 is 0 Å². The molecule has 128 valence electrons. The smallest absolute Gasteiger partial charge is 0.272 e. The number of amides is 1. The Labute approximate surface area is 154 Å². The molecule has 0 saturated carbocycles. The van der Waals surface area contributed by atoms with Crippen molar-refractivity contribution in [3.05, 3.63) is 68.1 Å². The Morgan fingerprint density at radius 2 is 1.96 bits per heavy atom. The van der Waals surface area contributed by atoms with Crippen molar-refractivity contribution >= 4 is 45.6 Å². The van der Waals surface area contributed by atoms with E-state index in [-0.39, 0.29) is 11.5 Å². The van der Waals surface area contributed by atoms with Crippen LogP contribution in [0.25, 0.3) is 10.8 Å². The SMILES string of the molecule is CCC(=O)Nc1ccc2c(Cc3ccc(Cl)cc3Cl)n[nH]c(=O)c2c1. The van der Waals surface area contributed by atoms with Gasteiger partial charge in [-0.15, -0.1) is 0 Å². The third kappa shape index (κ3) is 3.83. The predicted octanol–water partition coefficient (Wildman–Crippen LogP) is 4.17. The minimum Gasteiger partial charge on any atom is -0.326 e. The van der Waals surface area contributed by atoms with E-state index in [2.05, 4.69) is 15.5 Å². The number of H-pyrrole nitrogens is 1. The molecule has 0 aliphatic carbocycles. The van der Waals surface area contributed by atoms with Gasteiger partial charge in [0.15, 0.2) is 0 Å². The molecule has 3 rings (SSSR count). The maximum atomic E-state index is 12.1. The highest BCUT2D eigenvalue weighted by Crippen LogP contribution is 2.25. The molecule has 7 heteroatoms. The molecule has 0 saturated heterocycles. The number of nitrogens with one attached hydrogen (secondary N) is 2. The molecule has 1 heterocycles. The summed E-state index contributed by atoms with van der Waals surface area (Å²) < 4.78 is 0. The normalized spacial score (nSPS) is 10.8. The number of anilines is 1. The number of carbonyl (C=O) groups excluding carboxylic acids is 1. The first-order valence-corrected chi connectivity index (χ1v) is 8.48. The van der Waals surface area contributed by atoms with Crippen molar-refractivity contribution in [2.45, 2.75) is 19.8 Å². The Morgan fingerprint density at radius 1 is 1.16 bits per heavy atom. The number of benzene rings is 2. The summed E-state index contributed by atoms with van der Waals surface area (Å²) in [6.07, 6.45) is 0.814. The summed E-state index contributed by atoms with van der Waals surface area (Å²) in [5.74, 6) is -0.113. The number of hydrogen-bond donors (Lipinski definition) is 2. The van der Waals surface area contributed by atoms with Crippen LogP contribution in [0.15, 0.2) is 41.2 Å². The third-order valence-corrected chi connectivity index (χ3v) is 4.43. The van der Waals surface area contributed by atoms with Crippen molar-refractivity contribution in [1.29, 1.82) is 0 Å². The highest BCUT2D eigenvalue weighted by atomic mass is 35.5. The zero-order valence-corrected chi connectivity index (χ0v) is 14.9. The second kappa shape index (κ2) is 7.25. The van der Waals surface area contributed by atoms with Crippen molar-refractivity contribution < 1.29 is 4.79 Å². The molecule has 0 fully saturated rings. The molecule has 5 nitrogen and oxygen atoms in total. The highest BCUT2D eigenvalue weighted by molar-refractivity contribution is 6.35. The Balaban J connectivity index is 2.03. The molecule has 2 N–H and O–H groups in total. The van der Waals surface area contributed by atoms with Crippen LogP contribution in [-0.4, -0.2) is 16.1 Å². The summed E-state index contributed by atoms with van der Waals surface area (Å²) in [5, 5.41) is 11.7. The van der Waals surface area contributed by atoms with Crippen LogP contribution in [0.1, 0.15) is 24.6 Å². The fourth-order valence-corrected chi connectivity index (χ4v) is 3.01. The first-order chi connectivity index (χ1) is 12.0. The lowest BCUT2D eigenvalue weighted by Crippen LogP contribution is -2.13. The fourth-order valence-electron chi connectivity index (χ4n) is 2.53. The van der Waals surface area contributed by atoms with Crippen molar-refractivity contribution in [2.24, 2.45) is 0 Å². The highest BCUT2D eigenvalue weighted by Gasteiger charge is 2.11. The predicted molar refractivity (Wildman–Crippen MR) is 101 cm³/mol. The zero-order chi connectivity index (χ0) is 18.0. The lowest BCUT2D eigenvalue weighted by atomic mass is 10.0. The molecule has 0 unspecified atom stereocenters. The average molecular weight is 376 g/mol. The van der Waals surface area contributed by atoms with Crippen LogP contribution in [0.2, 0.25) is 10.0 Å². The van der Waals surface area contributed by atoms with Crippen LogP contribution < -0.4 is 10.9 Å². The Bertz CT molecular complexity index is 1010. The molecule has 1 amide bonds. The second-order valence-corrected chi connectivity index (χ2v) is 6.42. The molecule has 0 aliphatic rings. The summed E-state index contributed by atoms with van der Waals surface area (Å²) >= 11 is 12.2. The number of fused-ring (bicyclic) bond motifs is 1. The molecular weight excluding hydrogens is 361 g/mol. The van der Waals surface area contributed by atoms with E-state index in [0.717, 1.165) is 5.56 Å². The first kappa shape index (κ1) is 17.5. The molecule has 0 aliphatic heterocycles. The van der Waals surface area contributed by atoms with Gasteiger partial charge in [0.05, 0.1) is 11.1 Å². The number of hydrogen-bond acceptors (Lipinski definition) is 3. The maximum Gasteiger partial charge on any atom is 0.272 e. The molecule has 0 atom stereocenters. The van der Waals surface area contributed by atoms with Gasteiger partial charge in [-0.3, -0.25) is 9.59 Å². The zero-order valence-electron chi connectivity index (χ0n) is 13.4. The minimum atomic E-state index is -0.312. The van der Waals surface area contributed by atoms with Crippen molar-refractivity contribution in [2.75, 3.05) is 5.32 Å². The van der Waals surface area contributed by atoms with E-state index in [9.17, 15) is 9.59 Å². The third-order valence-electron chi connectivity index (χ3n) is 3.85. The van der Waals surface area contributed by atoms with Crippen molar-refractivity contribution in [3.63, 3.8) is 0 Å².